The lowest BCUT2D eigenvalue weighted by Gasteiger charge is -2.38. The zero-order valence-corrected chi connectivity index (χ0v) is 16.4. The van der Waals surface area contributed by atoms with E-state index in [1.165, 1.54) is 16.9 Å². The average molecular weight is 372 g/mol. The molecule has 1 rings (SSSR count). The van der Waals surface area contributed by atoms with Crippen molar-refractivity contribution >= 4 is 18.0 Å². The van der Waals surface area contributed by atoms with Crippen molar-refractivity contribution in [2.45, 2.75) is 65.1 Å². The van der Waals surface area contributed by atoms with Gasteiger partial charge in [0.2, 0.25) is 0 Å². The molecule has 1 fully saturated rings. The molecule has 0 aliphatic carbocycles. The van der Waals surface area contributed by atoms with E-state index in [1.807, 2.05) is 13.8 Å². The van der Waals surface area contributed by atoms with E-state index >= 15 is 0 Å². The molecule has 0 saturated carbocycles. The predicted octanol–water partition coefficient (Wildman–Crippen LogP) is 2.00. The molecule has 0 unspecified atom stereocenters. The molecule has 1 atom stereocenters. The highest BCUT2D eigenvalue weighted by atomic mass is 16.5. The minimum atomic E-state index is -0.976. The van der Waals surface area contributed by atoms with E-state index in [4.69, 9.17) is 0 Å². The van der Waals surface area contributed by atoms with Crippen LogP contribution in [0.3, 0.4) is 0 Å². The van der Waals surface area contributed by atoms with Gasteiger partial charge < -0.3 is 15.0 Å². The standard InChI is InChI=1S/C17H32N4O5/c1-6-8-10-18-15(23)21(25)14-17(3,4)20(12-13(22)26-5)16(24)19(14)11-9-7-2/h14,25H,6-12H2,1-5H3,(H,18,23)/t14-/m1/s1. The Balaban J connectivity index is 3.07. The number of unbranched alkanes of at least 4 members (excludes halogenated alkanes) is 2. The van der Waals surface area contributed by atoms with Crippen molar-refractivity contribution in [1.29, 1.82) is 0 Å². The first-order valence-electron chi connectivity index (χ1n) is 9.13. The molecule has 4 amide bonds. The molecule has 9 heteroatoms. The highest BCUT2D eigenvalue weighted by Gasteiger charge is 2.55. The minimum absolute atomic E-state index is 0.243. The Morgan fingerprint density at radius 2 is 1.88 bits per heavy atom. The number of urea groups is 2. The fourth-order valence-electron chi connectivity index (χ4n) is 3.03. The summed E-state index contributed by atoms with van der Waals surface area (Å²) in [7, 11) is 1.25. The first kappa shape index (κ1) is 22.0. The van der Waals surface area contributed by atoms with Crippen LogP contribution in [0.1, 0.15) is 53.4 Å². The first-order valence-corrected chi connectivity index (χ1v) is 9.13. The molecule has 1 saturated heterocycles. The maximum atomic E-state index is 12.9. The summed E-state index contributed by atoms with van der Waals surface area (Å²) in [5.41, 5.74) is -0.976. The summed E-state index contributed by atoms with van der Waals surface area (Å²) in [6, 6.07) is -1.06. The Kier molecular flexibility index (Phi) is 8.13. The van der Waals surface area contributed by atoms with Crippen LogP contribution in [-0.4, -0.2) is 76.6 Å². The number of hydrogen-bond acceptors (Lipinski definition) is 5. The van der Waals surface area contributed by atoms with Crippen LogP contribution in [0.25, 0.3) is 0 Å². The molecule has 1 aliphatic rings. The van der Waals surface area contributed by atoms with Crippen molar-refractivity contribution in [2.75, 3.05) is 26.7 Å². The number of esters is 1. The maximum absolute atomic E-state index is 12.9. The zero-order valence-electron chi connectivity index (χ0n) is 16.4. The van der Waals surface area contributed by atoms with Crippen molar-refractivity contribution in [3.05, 3.63) is 0 Å². The highest BCUT2D eigenvalue weighted by molar-refractivity contribution is 5.85. The number of hydroxylamine groups is 2. The van der Waals surface area contributed by atoms with Crippen LogP contribution in [0.4, 0.5) is 9.59 Å². The van der Waals surface area contributed by atoms with E-state index in [0.29, 0.717) is 18.2 Å². The molecule has 0 aromatic carbocycles. The number of carbonyl (C=O) groups excluding carboxylic acids is 3. The van der Waals surface area contributed by atoms with Gasteiger partial charge in [-0.2, -0.15) is 5.06 Å². The third-order valence-corrected chi connectivity index (χ3v) is 4.61. The molecule has 150 valence electrons. The SMILES string of the molecule is CCCCNC(=O)N(O)[C@H]1N(CCCC)C(=O)N(CC(=O)OC)C1(C)C. The third kappa shape index (κ3) is 4.78. The van der Waals surface area contributed by atoms with Gasteiger partial charge in [0.05, 0.1) is 12.6 Å². The summed E-state index contributed by atoms with van der Waals surface area (Å²) in [5, 5.41) is 13.7. The van der Waals surface area contributed by atoms with E-state index in [9.17, 15) is 19.6 Å². The van der Waals surface area contributed by atoms with E-state index in [1.54, 1.807) is 13.8 Å². The zero-order chi connectivity index (χ0) is 19.9. The summed E-state index contributed by atoms with van der Waals surface area (Å²) in [6.07, 6.45) is 2.36. The number of amides is 4. The second-order valence-electron chi connectivity index (χ2n) is 6.95. The van der Waals surface area contributed by atoms with Crippen LogP contribution >= 0.6 is 0 Å². The lowest BCUT2D eigenvalue weighted by atomic mass is 10.00. The van der Waals surface area contributed by atoms with Crippen molar-refractivity contribution in [1.82, 2.24) is 20.2 Å². The molecule has 0 aromatic rings. The van der Waals surface area contributed by atoms with E-state index in [2.05, 4.69) is 10.1 Å². The number of methoxy groups -OCH3 is 1. The number of nitrogens with zero attached hydrogens (tertiary/aromatic N) is 3. The minimum Gasteiger partial charge on any atom is -0.468 e. The molecule has 0 bridgehead atoms. The molecular formula is C17H32N4O5. The normalized spacial score (nSPS) is 18.8. The smallest absolute Gasteiger partial charge is 0.343 e. The molecule has 1 heterocycles. The molecule has 26 heavy (non-hydrogen) atoms. The Morgan fingerprint density at radius 1 is 1.27 bits per heavy atom. The van der Waals surface area contributed by atoms with Gasteiger partial charge in [-0.1, -0.05) is 26.7 Å². The number of rotatable bonds is 9. The van der Waals surface area contributed by atoms with Gasteiger partial charge in [-0.25, -0.2) is 9.59 Å². The summed E-state index contributed by atoms with van der Waals surface area (Å²) < 4.78 is 4.67. The Labute approximate surface area is 155 Å². The second kappa shape index (κ2) is 9.61. The van der Waals surface area contributed by atoms with Crippen LogP contribution in [0, 0.1) is 0 Å². The summed E-state index contributed by atoms with van der Waals surface area (Å²) in [5.74, 6) is -0.556. The van der Waals surface area contributed by atoms with Crippen molar-refractivity contribution in [2.24, 2.45) is 0 Å². The molecule has 0 spiro atoms. The second-order valence-corrected chi connectivity index (χ2v) is 6.95. The molecular weight excluding hydrogens is 340 g/mol. The summed E-state index contributed by atoms with van der Waals surface area (Å²) >= 11 is 0. The van der Waals surface area contributed by atoms with Gasteiger partial charge in [0.25, 0.3) is 0 Å². The van der Waals surface area contributed by atoms with E-state index in [-0.39, 0.29) is 6.54 Å². The topological polar surface area (TPSA) is 102 Å². The quantitative estimate of drug-likeness (QED) is 0.279. The monoisotopic (exact) mass is 372 g/mol. The number of nitrogens with one attached hydrogen (secondary N) is 1. The van der Waals surface area contributed by atoms with Crippen molar-refractivity contribution in [3.8, 4) is 0 Å². The molecule has 2 N–H and O–H groups in total. The lowest BCUT2D eigenvalue weighted by Crippen LogP contribution is -2.59. The van der Waals surface area contributed by atoms with Gasteiger partial charge >= 0.3 is 18.0 Å². The van der Waals surface area contributed by atoms with Crippen LogP contribution < -0.4 is 5.32 Å². The number of ether oxygens (including phenoxy) is 1. The van der Waals surface area contributed by atoms with Crippen LogP contribution in [0.15, 0.2) is 0 Å². The third-order valence-electron chi connectivity index (χ3n) is 4.61. The average Bonchev–Trinajstić information content (AvgIpc) is 2.78. The van der Waals surface area contributed by atoms with Gasteiger partial charge in [0, 0.05) is 13.1 Å². The Hall–Kier alpha value is -2.03. The van der Waals surface area contributed by atoms with Gasteiger partial charge in [-0.3, -0.25) is 14.9 Å². The fourth-order valence-corrected chi connectivity index (χ4v) is 3.03. The maximum Gasteiger partial charge on any atom is 0.343 e. The first-order chi connectivity index (χ1) is 12.2. The summed E-state index contributed by atoms with van der Waals surface area (Å²) in [6.45, 7) is 7.99. The van der Waals surface area contributed by atoms with Gasteiger partial charge in [-0.05, 0) is 26.7 Å². The lowest BCUT2D eigenvalue weighted by molar-refractivity contribution is -0.146. The highest BCUT2D eigenvalue weighted by Crippen LogP contribution is 2.34. The summed E-state index contributed by atoms with van der Waals surface area (Å²) in [4.78, 5) is 39.7. The van der Waals surface area contributed by atoms with Gasteiger partial charge in [0.1, 0.15) is 6.54 Å². The number of hydrogen-bond donors (Lipinski definition) is 2. The predicted molar refractivity (Wildman–Crippen MR) is 95.5 cm³/mol. The van der Waals surface area contributed by atoms with Gasteiger partial charge in [-0.15, -0.1) is 0 Å². The van der Waals surface area contributed by atoms with Crippen molar-refractivity contribution in [3.63, 3.8) is 0 Å². The van der Waals surface area contributed by atoms with Crippen molar-refractivity contribution < 1.29 is 24.3 Å². The molecule has 0 aromatic heterocycles. The van der Waals surface area contributed by atoms with Crippen LogP contribution in [-0.2, 0) is 9.53 Å². The van der Waals surface area contributed by atoms with Crippen LogP contribution in [0.2, 0.25) is 0 Å². The van der Waals surface area contributed by atoms with Gasteiger partial charge in [0.15, 0.2) is 6.17 Å². The molecule has 1 aliphatic heterocycles. The molecule has 0 radical (unpaired) electrons. The largest absolute Gasteiger partial charge is 0.468 e. The Bertz CT molecular complexity index is 511. The molecule has 9 nitrogen and oxygen atoms in total. The fraction of sp³-hybridized carbons (Fsp3) is 0.824. The van der Waals surface area contributed by atoms with E-state index < -0.39 is 29.7 Å². The van der Waals surface area contributed by atoms with Crippen LogP contribution in [0.5, 0.6) is 0 Å². The number of carbonyl (C=O) groups is 3. The Morgan fingerprint density at radius 3 is 2.42 bits per heavy atom. The van der Waals surface area contributed by atoms with E-state index in [0.717, 1.165) is 25.7 Å².